The lowest BCUT2D eigenvalue weighted by molar-refractivity contribution is -0.150. The van der Waals surface area contributed by atoms with E-state index in [4.69, 9.17) is 21.7 Å². The maximum atomic E-state index is 12.8. The topological polar surface area (TPSA) is 71.1 Å². The van der Waals surface area contributed by atoms with Gasteiger partial charge in [-0.2, -0.15) is 0 Å². The van der Waals surface area contributed by atoms with Crippen LogP contribution in [0.15, 0.2) is 0 Å². The molecule has 0 radical (unpaired) electrons. The molecule has 0 aliphatic carbocycles. The Labute approximate surface area is 354 Å². The summed E-state index contributed by atoms with van der Waals surface area (Å²) in [5.74, 6) is -0.00802. The Kier molecular flexibility index (Phi) is 42.1. The van der Waals surface area contributed by atoms with Crippen LogP contribution in [-0.4, -0.2) is 79.8 Å². The van der Waals surface area contributed by atoms with Crippen LogP contribution in [-0.2, 0) is 19.1 Å². The van der Waals surface area contributed by atoms with Gasteiger partial charge in [-0.25, -0.2) is 0 Å². The maximum Gasteiger partial charge on any atom is 0.306 e. The number of carbonyl (C=O) groups excluding carboxylic acids is 2. The summed E-state index contributed by atoms with van der Waals surface area (Å²) in [4.78, 5) is 29.6. The molecule has 7 nitrogen and oxygen atoms in total. The molecule has 0 fully saturated rings. The van der Waals surface area contributed by atoms with Crippen LogP contribution in [0.4, 0.5) is 0 Å². The third-order valence-electron chi connectivity index (χ3n) is 11.1. The Morgan fingerprint density at radius 3 is 1.39 bits per heavy atom. The number of hydrogen-bond acceptors (Lipinski definition) is 6. The average molecular weight is 810 g/mol. The highest BCUT2D eigenvalue weighted by Crippen LogP contribution is 2.18. The molecule has 0 rings (SSSR count). The lowest BCUT2D eigenvalue weighted by Crippen LogP contribution is -2.36. The minimum absolute atomic E-state index is 0.0209. The largest absolute Gasteiger partial charge is 0.466 e. The number of nitrogens with one attached hydrogen (secondary N) is 1. The Morgan fingerprint density at radius 2 is 0.893 bits per heavy atom. The first-order valence-electron chi connectivity index (χ1n) is 24.4. The van der Waals surface area contributed by atoms with Gasteiger partial charge >= 0.3 is 11.9 Å². The number of carbonyl (C=O) groups is 2. The molecule has 332 valence electrons. The van der Waals surface area contributed by atoms with Gasteiger partial charge in [0.1, 0.15) is 6.10 Å². The van der Waals surface area contributed by atoms with Crippen molar-refractivity contribution >= 4 is 29.3 Å². The van der Waals surface area contributed by atoms with E-state index in [1.807, 2.05) is 19.0 Å². The van der Waals surface area contributed by atoms with E-state index in [2.05, 4.69) is 31.0 Å². The number of unbranched alkanes of at least 4 members (excludes halogenated alkanes) is 24. The molecule has 8 heteroatoms. The van der Waals surface area contributed by atoms with Gasteiger partial charge < -0.3 is 24.6 Å². The zero-order chi connectivity index (χ0) is 41.2. The second-order valence-electron chi connectivity index (χ2n) is 16.9. The van der Waals surface area contributed by atoms with Gasteiger partial charge in [0.25, 0.3) is 0 Å². The molecular formula is C48H95N3O4S. The van der Waals surface area contributed by atoms with Gasteiger partial charge in [-0.1, -0.05) is 162 Å². The van der Waals surface area contributed by atoms with Gasteiger partial charge in [-0.15, -0.1) is 0 Å². The van der Waals surface area contributed by atoms with Gasteiger partial charge in [0.2, 0.25) is 0 Å². The van der Waals surface area contributed by atoms with Crippen molar-refractivity contribution in [2.45, 2.75) is 245 Å². The lowest BCUT2D eigenvalue weighted by atomic mass is 10.0. The molecule has 0 saturated heterocycles. The van der Waals surface area contributed by atoms with E-state index >= 15 is 0 Å². The molecule has 0 aromatic heterocycles. The monoisotopic (exact) mass is 810 g/mol. The smallest absolute Gasteiger partial charge is 0.306 e. The Hall–Kier alpha value is -1.41. The van der Waals surface area contributed by atoms with Crippen molar-refractivity contribution in [3.05, 3.63) is 0 Å². The first kappa shape index (κ1) is 54.6. The molecule has 0 atom stereocenters. The third kappa shape index (κ3) is 39.4. The summed E-state index contributed by atoms with van der Waals surface area (Å²) in [6.45, 7) is 11.5. The van der Waals surface area contributed by atoms with E-state index in [9.17, 15) is 9.59 Å². The van der Waals surface area contributed by atoms with Crippen LogP contribution in [0.5, 0.6) is 0 Å². The van der Waals surface area contributed by atoms with Crippen LogP contribution in [0.3, 0.4) is 0 Å². The summed E-state index contributed by atoms with van der Waals surface area (Å²) in [5.41, 5.74) is 0. The number of hydrogen-bond donors (Lipinski definition) is 1. The number of rotatable bonds is 43. The molecule has 0 bridgehead atoms. The number of esters is 2. The number of nitrogens with zero attached hydrogens (tertiary/aromatic N) is 2. The molecule has 0 amide bonds. The van der Waals surface area contributed by atoms with Crippen LogP contribution in [0.25, 0.3) is 0 Å². The molecule has 56 heavy (non-hydrogen) atoms. The predicted molar refractivity (Wildman–Crippen MR) is 246 cm³/mol. The average Bonchev–Trinajstić information content (AvgIpc) is 3.18. The minimum Gasteiger partial charge on any atom is -0.466 e. The van der Waals surface area contributed by atoms with Gasteiger partial charge in [0, 0.05) is 33.5 Å². The van der Waals surface area contributed by atoms with Gasteiger partial charge in [0.15, 0.2) is 5.11 Å². The molecule has 0 aromatic rings. The van der Waals surface area contributed by atoms with Crippen molar-refractivity contribution in [1.29, 1.82) is 0 Å². The summed E-state index contributed by atoms with van der Waals surface area (Å²) >= 11 is 5.40. The summed E-state index contributed by atoms with van der Waals surface area (Å²) in [7, 11) is 3.95. The molecular weight excluding hydrogens is 715 g/mol. The zero-order valence-corrected chi connectivity index (χ0v) is 38.9. The normalized spacial score (nSPS) is 11.4. The van der Waals surface area contributed by atoms with Crippen LogP contribution in [0.1, 0.15) is 239 Å². The van der Waals surface area contributed by atoms with Crippen LogP contribution < -0.4 is 5.32 Å². The molecule has 0 heterocycles. The Bertz CT molecular complexity index is 857. The third-order valence-corrected chi connectivity index (χ3v) is 11.6. The van der Waals surface area contributed by atoms with Crippen molar-refractivity contribution in [3.63, 3.8) is 0 Å². The first-order chi connectivity index (χ1) is 27.3. The van der Waals surface area contributed by atoms with E-state index in [0.29, 0.717) is 19.4 Å². The molecule has 1 N–H and O–H groups in total. The van der Waals surface area contributed by atoms with Crippen LogP contribution in [0, 0.1) is 0 Å². The molecule has 0 aliphatic rings. The SMILES string of the molecule is CCCCCCCCCCCOC(=O)CCCCCN(CCCCCCCC(=O)OC(CCCCCCCC)CCCCCCCC)CCCNC(=S)N(C)C. The van der Waals surface area contributed by atoms with E-state index in [0.717, 1.165) is 89.1 Å². The van der Waals surface area contributed by atoms with Crippen molar-refractivity contribution in [2.24, 2.45) is 0 Å². The highest BCUT2D eigenvalue weighted by molar-refractivity contribution is 7.80. The van der Waals surface area contributed by atoms with Crippen molar-refractivity contribution < 1.29 is 19.1 Å². The molecule has 0 saturated carbocycles. The molecule has 0 aromatic carbocycles. The van der Waals surface area contributed by atoms with E-state index in [-0.39, 0.29) is 18.0 Å². The molecule has 0 unspecified atom stereocenters. The zero-order valence-electron chi connectivity index (χ0n) is 38.1. The highest BCUT2D eigenvalue weighted by Gasteiger charge is 2.14. The highest BCUT2D eigenvalue weighted by atomic mass is 32.1. The summed E-state index contributed by atoms with van der Waals surface area (Å²) in [5, 5.41) is 4.15. The van der Waals surface area contributed by atoms with Crippen molar-refractivity contribution in [2.75, 3.05) is 46.9 Å². The second-order valence-corrected chi connectivity index (χ2v) is 17.3. The fraction of sp³-hybridized carbons (Fsp3) is 0.938. The fourth-order valence-corrected chi connectivity index (χ4v) is 7.49. The number of ether oxygens (including phenoxy) is 2. The second kappa shape index (κ2) is 43.2. The van der Waals surface area contributed by atoms with Gasteiger partial charge in [0.05, 0.1) is 6.61 Å². The van der Waals surface area contributed by atoms with Crippen molar-refractivity contribution in [1.82, 2.24) is 15.1 Å². The van der Waals surface area contributed by atoms with Crippen LogP contribution in [0.2, 0.25) is 0 Å². The van der Waals surface area contributed by atoms with Gasteiger partial charge in [-0.05, 0) is 96.1 Å². The first-order valence-corrected chi connectivity index (χ1v) is 24.8. The lowest BCUT2D eigenvalue weighted by Gasteiger charge is -2.23. The maximum absolute atomic E-state index is 12.8. The van der Waals surface area contributed by atoms with Gasteiger partial charge in [-0.3, -0.25) is 9.59 Å². The molecule has 0 spiro atoms. The van der Waals surface area contributed by atoms with E-state index < -0.39 is 0 Å². The van der Waals surface area contributed by atoms with E-state index in [1.54, 1.807) is 0 Å². The number of thiocarbonyl (C=S) groups is 1. The summed E-state index contributed by atoms with van der Waals surface area (Å²) in [6, 6.07) is 0. The fourth-order valence-electron chi connectivity index (χ4n) is 7.39. The molecule has 0 aliphatic heterocycles. The minimum atomic E-state index is -0.0289. The summed E-state index contributed by atoms with van der Waals surface area (Å²) < 4.78 is 11.6. The quantitative estimate of drug-likeness (QED) is 0.0371. The van der Waals surface area contributed by atoms with Crippen molar-refractivity contribution in [3.8, 4) is 0 Å². The van der Waals surface area contributed by atoms with E-state index in [1.165, 1.54) is 148 Å². The summed E-state index contributed by atoms with van der Waals surface area (Å²) in [6.07, 6.45) is 39.9. The predicted octanol–water partition coefficient (Wildman–Crippen LogP) is 13.5. The standard InChI is InChI=1S/C48H95N3O4S/c1-6-9-12-15-18-19-20-26-34-44-54-46(52)38-31-27-33-42-51(43-35-40-49-48(56)50(4)5)41-32-25-21-24-30-39-47(53)55-45(36-28-22-16-13-10-7-2)37-29-23-17-14-11-8-3/h45H,6-44H2,1-5H3,(H,49,56). The Morgan fingerprint density at radius 1 is 0.500 bits per heavy atom. The van der Waals surface area contributed by atoms with Crippen LogP contribution >= 0.6 is 12.2 Å². The Balaban J connectivity index is 4.37.